The summed E-state index contributed by atoms with van der Waals surface area (Å²) < 4.78 is 0. The van der Waals surface area contributed by atoms with Crippen LogP contribution in [0.4, 0.5) is 0 Å². The van der Waals surface area contributed by atoms with Gasteiger partial charge in [-0.25, -0.2) is 0 Å². The Bertz CT molecular complexity index is 204. The minimum absolute atomic E-state index is 0.387. The Labute approximate surface area is 70.0 Å². The lowest BCUT2D eigenvalue weighted by atomic mass is 9.82. The number of hydrogen-bond acceptors (Lipinski definition) is 0. The van der Waals surface area contributed by atoms with Crippen LogP contribution in [0.15, 0.2) is 23.3 Å². The first-order chi connectivity index (χ1) is 5.06. The molecule has 62 valence electrons. The van der Waals surface area contributed by atoms with Crippen molar-refractivity contribution in [3.05, 3.63) is 23.3 Å². The predicted octanol–water partition coefficient (Wildman–Crippen LogP) is 3.70. The van der Waals surface area contributed by atoms with Gasteiger partial charge in [-0.15, -0.1) is 0 Å². The van der Waals surface area contributed by atoms with E-state index in [0.717, 1.165) is 0 Å². The predicted molar refractivity (Wildman–Crippen MR) is 50.5 cm³/mol. The summed E-state index contributed by atoms with van der Waals surface area (Å²) in [6.45, 7) is 9.08. The minimum Gasteiger partial charge on any atom is -0.0767 e. The first kappa shape index (κ1) is 8.58. The van der Waals surface area contributed by atoms with E-state index < -0.39 is 0 Å². The van der Waals surface area contributed by atoms with Gasteiger partial charge in [0.2, 0.25) is 0 Å². The second-order valence-corrected chi connectivity index (χ2v) is 4.09. The van der Waals surface area contributed by atoms with Crippen molar-refractivity contribution in [3.63, 3.8) is 0 Å². The molecule has 0 aromatic heterocycles. The fourth-order valence-corrected chi connectivity index (χ4v) is 1.33. The highest BCUT2D eigenvalue weighted by Gasteiger charge is 2.21. The van der Waals surface area contributed by atoms with Crippen LogP contribution < -0.4 is 0 Å². The minimum atomic E-state index is 0.387. The second kappa shape index (κ2) is 2.84. The standard InChI is InChI=1S/C11H18/c1-5-11(3,4)10-7-6-9(2)8-10/h7-8H,5-6H2,1-4H3. The van der Waals surface area contributed by atoms with Crippen molar-refractivity contribution in [2.45, 2.75) is 40.5 Å². The third kappa shape index (κ3) is 1.74. The monoisotopic (exact) mass is 150 g/mol. The van der Waals surface area contributed by atoms with Crippen LogP contribution in [0.1, 0.15) is 40.5 Å². The Balaban J connectivity index is 2.77. The van der Waals surface area contributed by atoms with Gasteiger partial charge in [-0.1, -0.05) is 38.5 Å². The maximum atomic E-state index is 2.36. The van der Waals surface area contributed by atoms with Crippen molar-refractivity contribution in [3.8, 4) is 0 Å². The first-order valence-electron chi connectivity index (χ1n) is 4.44. The third-order valence-electron chi connectivity index (χ3n) is 2.71. The summed E-state index contributed by atoms with van der Waals surface area (Å²) in [4.78, 5) is 0. The van der Waals surface area contributed by atoms with E-state index in [0.29, 0.717) is 5.41 Å². The molecule has 0 spiro atoms. The van der Waals surface area contributed by atoms with Gasteiger partial charge in [-0.2, -0.15) is 0 Å². The lowest BCUT2D eigenvalue weighted by Gasteiger charge is -2.23. The van der Waals surface area contributed by atoms with E-state index in [1.807, 2.05) is 0 Å². The molecule has 11 heavy (non-hydrogen) atoms. The molecule has 0 nitrogen and oxygen atoms in total. The molecular formula is C11H18. The maximum Gasteiger partial charge on any atom is -0.0109 e. The average Bonchev–Trinajstić information content (AvgIpc) is 2.36. The third-order valence-corrected chi connectivity index (χ3v) is 2.71. The summed E-state index contributed by atoms with van der Waals surface area (Å²) in [6.07, 6.45) is 7.09. The van der Waals surface area contributed by atoms with Gasteiger partial charge >= 0.3 is 0 Å². The van der Waals surface area contributed by atoms with Crippen molar-refractivity contribution in [2.24, 2.45) is 5.41 Å². The molecule has 0 saturated heterocycles. The molecule has 1 rings (SSSR count). The van der Waals surface area contributed by atoms with Crippen molar-refractivity contribution in [2.75, 3.05) is 0 Å². The molecule has 1 aliphatic rings. The fourth-order valence-electron chi connectivity index (χ4n) is 1.33. The quantitative estimate of drug-likeness (QED) is 0.563. The van der Waals surface area contributed by atoms with Gasteiger partial charge in [-0.05, 0) is 30.8 Å². The molecule has 0 N–H and O–H groups in total. The van der Waals surface area contributed by atoms with Gasteiger partial charge in [0, 0.05) is 0 Å². The summed E-state index contributed by atoms with van der Waals surface area (Å²) >= 11 is 0. The van der Waals surface area contributed by atoms with Crippen molar-refractivity contribution < 1.29 is 0 Å². The molecule has 0 unspecified atom stereocenters. The van der Waals surface area contributed by atoms with E-state index >= 15 is 0 Å². The van der Waals surface area contributed by atoms with Crippen molar-refractivity contribution in [1.29, 1.82) is 0 Å². The topological polar surface area (TPSA) is 0 Å². The zero-order valence-electron chi connectivity index (χ0n) is 8.07. The molecular weight excluding hydrogens is 132 g/mol. The van der Waals surface area contributed by atoms with Crippen LogP contribution in [0, 0.1) is 5.41 Å². The van der Waals surface area contributed by atoms with Crippen LogP contribution in [0.3, 0.4) is 0 Å². The van der Waals surface area contributed by atoms with E-state index in [-0.39, 0.29) is 0 Å². The van der Waals surface area contributed by atoms with Gasteiger partial charge in [-0.3, -0.25) is 0 Å². The van der Waals surface area contributed by atoms with Crippen LogP contribution in [-0.2, 0) is 0 Å². The molecule has 0 radical (unpaired) electrons. The lowest BCUT2D eigenvalue weighted by Crippen LogP contribution is -2.10. The number of rotatable bonds is 2. The van der Waals surface area contributed by atoms with Gasteiger partial charge in [0.15, 0.2) is 0 Å². The molecule has 1 aliphatic carbocycles. The first-order valence-corrected chi connectivity index (χ1v) is 4.44. The highest BCUT2D eigenvalue weighted by molar-refractivity contribution is 5.35. The Morgan fingerprint density at radius 1 is 1.45 bits per heavy atom. The summed E-state index contributed by atoms with van der Waals surface area (Å²) in [7, 11) is 0. The van der Waals surface area contributed by atoms with Crippen LogP contribution in [-0.4, -0.2) is 0 Å². The van der Waals surface area contributed by atoms with Crippen molar-refractivity contribution >= 4 is 0 Å². The SMILES string of the molecule is CCC(C)(C)C1=CCC(C)=C1. The molecule has 0 fully saturated rings. The molecule has 0 atom stereocenters. The van der Waals surface area contributed by atoms with Crippen LogP contribution >= 0.6 is 0 Å². The lowest BCUT2D eigenvalue weighted by molar-refractivity contribution is 0.440. The van der Waals surface area contributed by atoms with E-state index in [9.17, 15) is 0 Å². The summed E-state index contributed by atoms with van der Waals surface area (Å²) in [5, 5.41) is 0. The van der Waals surface area contributed by atoms with Crippen LogP contribution in [0.2, 0.25) is 0 Å². The summed E-state index contributed by atoms with van der Waals surface area (Å²) in [5.74, 6) is 0. The second-order valence-electron chi connectivity index (χ2n) is 4.09. The molecule has 0 aromatic carbocycles. The van der Waals surface area contributed by atoms with E-state index in [1.165, 1.54) is 24.0 Å². The Morgan fingerprint density at radius 3 is 2.45 bits per heavy atom. The zero-order valence-corrected chi connectivity index (χ0v) is 8.07. The average molecular weight is 150 g/mol. The molecule has 0 heterocycles. The van der Waals surface area contributed by atoms with Gasteiger partial charge in [0.05, 0.1) is 0 Å². The fraction of sp³-hybridized carbons (Fsp3) is 0.636. The molecule has 0 heteroatoms. The Morgan fingerprint density at radius 2 is 2.09 bits per heavy atom. The highest BCUT2D eigenvalue weighted by Crippen LogP contribution is 2.35. The molecule has 0 bridgehead atoms. The van der Waals surface area contributed by atoms with Crippen LogP contribution in [0.25, 0.3) is 0 Å². The largest absolute Gasteiger partial charge is 0.0767 e. The van der Waals surface area contributed by atoms with Gasteiger partial charge in [0.25, 0.3) is 0 Å². The molecule has 0 aliphatic heterocycles. The molecule has 0 aromatic rings. The summed E-state index contributed by atoms with van der Waals surface area (Å²) in [5.41, 5.74) is 3.41. The number of allylic oxidation sites excluding steroid dienone is 4. The van der Waals surface area contributed by atoms with E-state index in [1.54, 1.807) is 0 Å². The van der Waals surface area contributed by atoms with E-state index in [4.69, 9.17) is 0 Å². The normalized spacial score (nSPS) is 18.2. The van der Waals surface area contributed by atoms with Gasteiger partial charge in [0.1, 0.15) is 0 Å². The summed E-state index contributed by atoms with van der Waals surface area (Å²) in [6, 6.07) is 0. The Hall–Kier alpha value is -0.520. The van der Waals surface area contributed by atoms with Crippen molar-refractivity contribution in [1.82, 2.24) is 0 Å². The molecule has 0 amide bonds. The Kier molecular flexibility index (Phi) is 2.22. The van der Waals surface area contributed by atoms with E-state index in [2.05, 4.69) is 39.8 Å². The maximum absolute atomic E-state index is 2.36. The van der Waals surface area contributed by atoms with Crippen LogP contribution in [0.5, 0.6) is 0 Å². The smallest absolute Gasteiger partial charge is 0.0109 e. The molecule has 0 saturated carbocycles. The number of hydrogen-bond donors (Lipinski definition) is 0. The van der Waals surface area contributed by atoms with Gasteiger partial charge < -0.3 is 0 Å². The zero-order chi connectivity index (χ0) is 8.48. The highest BCUT2D eigenvalue weighted by atomic mass is 14.3.